The molecule has 0 aliphatic heterocycles. The molecule has 0 fully saturated rings. The lowest BCUT2D eigenvalue weighted by Crippen LogP contribution is -2.37. The average molecular weight is 292 g/mol. The number of aryl methyl sites for hydroxylation is 1. The normalized spacial score (nSPS) is 10.3. The van der Waals surface area contributed by atoms with Crippen LogP contribution >= 0.6 is 0 Å². The SMILES string of the molecule is CCCOc1cc(C)ccc1NC(=O)C(=O)NCC(C)C. The van der Waals surface area contributed by atoms with Crippen molar-refractivity contribution in [3.63, 3.8) is 0 Å². The third-order valence-electron chi connectivity index (χ3n) is 2.72. The number of hydrogen-bond donors (Lipinski definition) is 2. The summed E-state index contributed by atoms with van der Waals surface area (Å²) in [7, 11) is 0. The van der Waals surface area contributed by atoms with Gasteiger partial charge in [-0.25, -0.2) is 0 Å². The van der Waals surface area contributed by atoms with E-state index < -0.39 is 11.8 Å². The third-order valence-corrected chi connectivity index (χ3v) is 2.72. The first-order valence-electron chi connectivity index (χ1n) is 7.26. The topological polar surface area (TPSA) is 67.4 Å². The fourth-order valence-corrected chi connectivity index (χ4v) is 1.62. The van der Waals surface area contributed by atoms with Gasteiger partial charge < -0.3 is 15.4 Å². The summed E-state index contributed by atoms with van der Waals surface area (Å²) < 4.78 is 5.60. The van der Waals surface area contributed by atoms with Gasteiger partial charge in [0.05, 0.1) is 12.3 Å². The van der Waals surface area contributed by atoms with E-state index in [2.05, 4.69) is 10.6 Å². The molecule has 0 aliphatic rings. The first kappa shape index (κ1) is 17.0. The lowest BCUT2D eigenvalue weighted by molar-refractivity contribution is -0.136. The maximum Gasteiger partial charge on any atom is 0.313 e. The Labute approximate surface area is 126 Å². The van der Waals surface area contributed by atoms with Gasteiger partial charge in [0.15, 0.2) is 0 Å². The minimum absolute atomic E-state index is 0.296. The Morgan fingerprint density at radius 1 is 1.24 bits per heavy atom. The van der Waals surface area contributed by atoms with E-state index in [1.165, 1.54) is 0 Å². The Balaban J connectivity index is 2.72. The molecule has 1 aromatic carbocycles. The molecule has 2 N–H and O–H groups in total. The molecule has 116 valence electrons. The zero-order valence-corrected chi connectivity index (χ0v) is 13.2. The van der Waals surface area contributed by atoms with E-state index in [0.29, 0.717) is 30.5 Å². The second-order valence-electron chi connectivity index (χ2n) is 5.41. The van der Waals surface area contributed by atoms with Gasteiger partial charge in [0, 0.05) is 6.54 Å². The monoisotopic (exact) mass is 292 g/mol. The fourth-order valence-electron chi connectivity index (χ4n) is 1.62. The van der Waals surface area contributed by atoms with Crippen LogP contribution in [0, 0.1) is 12.8 Å². The first-order valence-corrected chi connectivity index (χ1v) is 7.26. The largest absolute Gasteiger partial charge is 0.491 e. The Bertz CT molecular complexity index is 498. The van der Waals surface area contributed by atoms with Crippen molar-refractivity contribution in [2.45, 2.75) is 34.1 Å². The summed E-state index contributed by atoms with van der Waals surface area (Å²) in [5, 5.41) is 5.18. The van der Waals surface area contributed by atoms with Gasteiger partial charge in [-0.2, -0.15) is 0 Å². The number of benzene rings is 1. The highest BCUT2D eigenvalue weighted by molar-refractivity contribution is 6.39. The molecule has 0 aliphatic carbocycles. The van der Waals surface area contributed by atoms with E-state index in [1.807, 2.05) is 39.8 Å². The zero-order chi connectivity index (χ0) is 15.8. The van der Waals surface area contributed by atoms with Crippen LogP contribution in [-0.4, -0.2) is 25.0 Å². The van der Waals surface area contributed by atoms with E-state index >= 15 is 0 Å². The van der Waals surface area contributed by atoms with E-state index in [0.717, 1.165) is 12.0 Å². The molecule has 1 rings (SSSR count). The number of ether oxygens (including phenoxy) is 1. The highest BCUT2D eigenvalue weighted by Crippen LogP contribution is 2.25. The summed E-state index contributed by atoms with van der Waals surface area (Å²) in [5.41, 5.74) is 1.54. The van der Waals surface area contributed by atoms with Gasteiger partial charge in [0.1, 0.15) is 5.75 Å². The van der Waals surface area contributed by atoms with Gasteiger partial charge in [-0.1, -0.05) is 26.8 Å². The molecule has 0 aromatic heterocycles. The highest BCUT2D eigenvalue weighted by atomic mass is 16.5. The quantitative estimate of drug-likeness (QED) is 0.792. The van der Waals surface area contributed by atoms with Crippen LogP contribution in [0.2, 0.25) is 0 Å². The molecule has 2 amide bonds. The molecule has 0 bridgehead atoms. The molecule has 0 spiro atoms. The molecule has 0 heterocycles. The van der Waals surface area contributed by atoms with Gasteiger partial charge in [-0.3, -0.25) is 9.59 Å². The molecular weight excluding hydrogens is 268 g/mol. The van der Waals surface area contributed by atoms with Crippen molar-refractivity contribution in [1.29, 1.82) is 0 Å². The fraction of sp³-hybridized carbons (Fsp3) is 0.500. The standard InChI is InChI=1S/C16H24N2O3/c1-5-8-21-14-9-12(4)6-7-13(14)18-16(20)15(19)17-10-11(2)3/h6-7,9,11H,5,8,10H2,1-4H3,(H,17,19)(H,18,20). The number of carbonyl (C=O) groups excluding carboxylic acids is 2. The van der Waals surface area contributed by atoms with E-state index in [9.17, 15) is 9.59 Å². The molecule has 5 heteroatoms. The zero-order valence-electron chi connectivity index (χ0n) is 13.2. The van der Waals surface area contributed by atoms with Gasteiger partial charge in [-0.15, -0.1) is 0 Å². The van der Waals surface area contributed by atoms with Crippen molar-refractivity contribution in [3.8, 4) is 5.75 Å². The summed E-state index contributed by atoms with van der Waals surface area (Å²) >= 11 is 0. The maximum absolute atomic E-state index is 11.9. The summed E-state index contributed by atoms with van der Waals surface area (Å²) in [4.78, 5) is 23.5. The number of anilines is 1. The average Bonchev–Trinajstić information content (AvgIpc) is 2.44. The summed E-state index contributed by atoms with van der Waals surface area (Å²) in [6, 6.07) is 5.45. The van der Waals surface area contributed by atoms with E-state index in [4.69, 9.17) is 4.74 Å². The van der Waals surface area contributed by atoms with Crippen LogP contribution in [0.3, 0.4) is 0 Å². The van der Waals surface area contributed by atoms with Crippen molar-refractivity contribution in [2.24, 2.45) is 5.92 Å². The molecule has 0 saturated heterocycles. The molecule has 0 atom stereocenters. The number of nitrogens with one attached hydrogen (secondary N) is 2. The van der Waals surface area contributed by atoms with Crippen LogP contribution in [0.4, 0.5) is 5.69 Å². The Kier molecular flexibility index (Phi) is 6.72. The van der Waals surface area contributed by atoms with E-state index in [1.54, 1.807) is 6.07 Å². The van der Waals surface area contributed by atoms with Crippen LogP contribution in [0.5, 0.6) is 5.75 Å². The number of carbonyl (C=O) groups is 2. The van der Waals surface area contributed by atoms with Crippen molar-refractivity contribution in [1.82, 2.24) is 5.32 Å². The molecule has 21 heavy (non-hydrogen) atoms. The second kappa shape index (κ2) is 8.29. The maximum atomic E-state index is 11.9. The number of rotatable bonds is 6. The first-order chi connectivity index (χ1) is 9.93. The van der Waals surface area contributed by atoms with Crippen molar-refractivity contribution in [3.05, 3.63) is 23.8 Å². The van der Waals surface area contributed by atoms with Crippen molar-refractivity contribution in [2.75, 3.05) is 18.5 Å². The second-order valence-corrected chi connectivity index (χ2v) is 5.41. The summed E-state index contributed by atoms with van der Waals surface area (Å²) in [6.07, 6.45) is 0.871. The molecule has 0 saturated carbocycles. The lowest BCUT2D eigenvalue weighted by Gasteiger charge is -2.13. The summed E-state index contributed by atoms with van der Waals surface area (Å²) in [6.45, 7) is 8.92. The minimum atomic E-state index is -0.680. The molecule has 5 nitrogen and oxygen atoms in total. The predicted molar refractivity (Wildman–Crippen MR) is 83.4 cm³/mol. The van der Waals surface area contributed by atoms with Crippen LogP contribution in [0.25, 0.3) is 0 Å². The smallest absolute Gasteiger partial charge is 0.313 e. The lowest BCUT2D eigenvalue weighted by atomic mass is 10.2. The van der Waals surface area contributed by atoms with Gasteiger partial charge in [0.2, 0.25) is 0 Å². The van der Waals surface area contributed by atoms with Crippen LogP contribution in [0.1, 0.15) is 32.8 Å². The van der Waals surface area contributed by atoms with Crippen molar-refractivity contribution < 1.29 is 14.3 Å². The third kappa shape index (κ3) is 5.85. The van der Waals surface area contributed by atoms with Gasteiger partial charge in [0.25, 0.3) is 0 Å². The number of hydrogen-bond acceptors (Lipinski definition) is 3. The van der Waals surface area contributed by atoms with Crippen LogP contribution < -0.4 is 15.4 Å². The van der Waals surface area contributed by atoms with Gasteiger partial charge in [-0.05, 0) is 37.0 Å². The Morgan fingerprint density at radius 2 is 1.95 bits per heavy atom. The Hall–Kier alpha value is -2.04. The molecule has 1 aromatic rings. The van der Waals surface area contributed by atoms with Crippen LogP contribution in [-0.2, 0) is 9.59 Å². The summed E-state index contributed by atoms with van der Waals surface area (Å²) in [5.74, 6) is -0.432. The molecular formula is C16H24N2O3. The number of amides is 2. The van der Waals surface area contributed by atoms with Crippen LogP contribution in [0.15, 0.2) is 18.2 Å². The van der Waals surface area contributed by atoms with Gasteiger partial charge >= 0.3 is 11.8 Å². The Morgan fingerprint density at radius 3 is 2.57 bits per heavy atom. The minimum Gasteiger partial charge on any atom is -0.491 e. The molecule has 0 radical (unpaired) electrons. The molecule has 0 unspecified atom stereocenters. The van der Waals surface area contributed by atoms with E-state index in [-0.39, 0.29) is 0 Å². The van der Waals surface area contributed by atoms with Crippen molar-refractivity contribution >= 4 is 17.5 Å². The highest BCUT2D eigenvalue weighted by Gasteiger charge is 2.16. The predicted octanol–water partition coefficient (Wildman–Crippen LogP) is 2.49.